The van der Waals surface area contributed by atoms with E-state index in [4.69, 9.17) is 9.40 Å². The predicted octanol–water partition coefficient (Wildman–Crippen LogP) is 7.45. The zero-order chi connectivity index (χ0) is 27.6. The summed E-state index contributed by atoms with van der Waals surface area (Å²) in [5.74, 6) is 0.618. The van der Waals surface area contributed by atoms with E-state index in [9.17, 15) is 9.59 Å². The molecule has 1 aliphatic carbocycles. The first-order valence-electron chi connectivity index (χ1n) is 13.3. The maximum atomic E-state index is 13.5. The van der Waals surface area contributed by atoms with Crippen LogP contribution in [-0.2, 0) is 0 Å². The molecule has 0 amide bonds. The minimum Gasteiger partial charge on any atom is -0.436 e. The van der Waals surface area contributed by atoms with Gasteiger partial charge in [0.1, 0.15) is 17.1 Å². The van der Waals surface area contributed by atoms with Crippen molar-refractivity contribution in [3.8, 4) is 17.0 Å². The quantitative estimate of drug-likeness (QED) is 0.133. The molecular formula is C34H26N2O3Si. The fourth-order valence-corrected chi connectivity index (χ4v) is 6.55. The molecule has 0 unspecified atom stereocenters. The highest BCUT2D eigenvalue weighted by atomic mass is 28.3. The van der Waals surface area contributed by atoms with E-state index < -0.39 is 8.07 Å². The van der Waals surface area contributed by atoms with Gasteiger partial charge in [-0.05, 0) is 41.1 Å². The number of furan rings is 1. The number of Topliss-reactive ketones (excluding diaryl/α,β-unsaturated/α-hetero) is 2. The summed E-state index contributed by atoms with van der Waals surface area (Å²) in [6.07, 6.45) is 1.61. The average Bonchev–Trinajstić information content (AvgIpc) is 3.58. The number of benzene rings is 4. The van der Waals surface area contributed by atoms with E-state index in [1.807, 2.05) is 77.4 Å². The molecule has 0 saturated carbocycles. The van der Waals surface area contributed by atoms with E-state index in [-0.39, 0.29) is 17.1 Å². The van der Waals surface area contributed by atoms with Gasteiger partial charge < -0.3 is 4.42 Å². The molecule has 5 nitrogen and oxygen atoms in total. The second kappa shape index (κ2) is 8.86. The molecule has 0 bridgehead atoms. The SMILES string of the molecule is C[Si](C)(C)c1ccc(-n2c(C=C3C(=O)c4cc5ccccc5cc4C3=O)nc3oc(-c4ccccc4)cc32)cc1. The molecule has 0 radical (unpaired) electrons. The van der Waals surface area contributed by atoms with Gasteiger partial charge in [-0.2, -0.15) is 4.98 Å². The maximum absolute atomic E-state index is 13.5. The van der Waals surface area contributed by atoms with Crippen LogP contribution in [0.5, 0.6) is 0 Å². The van der Waals surface area contributed by atoms with Gasteiger partial charge in [0.05, 0.1) is 13.6 Å². The smallest absolute Gasteiger partial charge is 0.246 e. The van der Waals surface area contributed by atoms with E-state index in [1.165, 1.54) is 5.19 Å². The first-order chi connectivity index (χ1) is 19.3. The molecule has 6 aromatic rings. The number of allylic oxidation sites excluding steroid dienone is 1. The second-order valence-corrected chi connectivity index (χ2v) is 16.3. The summed E-state index contributed by atoms with van der Waals surface area (Å²) >= 11 is 0. The van der Waals surface area contributed by atoms with Crippen LogP contribution in [0.25, 0.3) is 45.1 Å². The van der Waals surface area contributed by atoms with Crippen molar-refractivity contribution in [2.24, 2.45) is 0 Å². The number of hydrogen-bond acceptors (Lipinski definition) is 4. The highest BCUT2D eigenvalue weighted by molar-refractivity contribution is 6.88. The molecule has 1 aliphatic rings. The summed E-state index contributed by atoms with van der Waals surface area (Å²) in [6.45, 7) is 6.94. The topological polar surface area (TPSA) is 65.1 Å². The van der Waals surface area contributed by atoms with Crippen LogP contribution in [0.2, 0.25) is 19.6 Å². The number of hydrogen-bond donors (Lipinski definition) is 0. The van der Waals surface area contributed by atoms with Crippen LogP contribution in [0, 0.1) is 0 Å². The maximum Gasteiger partial charge on any atom is 0.246 e. The molecule has 6 heteroatoms. The summed E-state index contributed by atoms with van der Waals surface area (Å²) in [5.41, 5.74) is 4.03. The van der Waals surface area contributed by atoms with Gasteiger partial charge in [-0.15, -0.1) is 0 Å². The normalized spacial score (nSPS) is 13.4. The van der Waals surface area contributed by atoms with Crippen molar-refractivity contribution in [2.45, 2.75) is 19.6 Å². The average molecular weight is 539 g/mol. The van der Waals surface area contributed by atoms with Crippen LogP contribution in [0.15, 0.2) is 107 Å². The van der Waals surface area contributed by atoms with E-state index in [0.29, 0.717) is 28.4 Å². The van der Waals surface area contributed by atoms with E-state index >= 15 is 0 Å². The summed E-state index contributed by atoms with van der Waals surface area (Å²) in [5, 5.41) is 3.20. The van der Waals surface area contributed by atoms with Crippen LogP contribution in [0.3, 0.4) is 0 Å². The van der Waals surface area contributed by atoms with E-state index in [0.717, 1.165) is 27.5 Å². The molecular weight excluding hydrogens is 512 g/mol. The van der Waals surface area contributed by atoms with Crippen LogP contribution in [0.1, 0.15) is 26.5 Å². The van der Waals surface area contributed by atoms with E-state index in [1.54, 1.807) is 6.08 Å². The fraction of sp³-hybridized carbons (Fsp3) is 0.0882. The van der Waals surface area contributed by atoms with Crippen molar-refractivity contribution < 1.29 is 14.0 Å². The fourth-order valence-electron chi connectivity index (χ4n) is 5.38. The van der Waals surface area contributed by atoms with Gasteiger partial charge in [-0.3, -0.25) is 14.2 Å². The monoisotopic (exact) mass is 538 g/mol. The van der Waals surface area contributed by atoms with Gasteiger partial charge in [0.15, 0.2) is 11.6 Å². The minimum atomic E-state index is -1.50. The lowest BCUT2D eigenvalue weighted by Crippen LogP contribution is -2.37. The van der Waals surface area contributed by atoms with Gasteiger partial charge in [0.2, 0.25) is 5.71 Å². The molecule has 0 saturated heterocycles. The Labute approximate surface area is 232 Å². The third-order valence-corrected chi connectivity index (χ3v) is 9.63. The standard InChI is InChI=1S/C34H26N2O3Si/c1-40(2,3)25-15-13-24(14-16-25)36-29-20-30(21-9-5-4-6-10-21)39-34(29)35-31(36)19-28-32(37)26-17-22-11-7-8-12-23(22)18-27(26)33(28)38/h4-20H,1-3H3. The van der Waals surface area contributed by atoms with Gasteiger partial charge in [-0.25, -0.2) is 0 Å². The molecule has 2 aromatic heterocycles. The molecule has 0 atom stereocenters. The largest absolute Gasteiger partial charge is 0.436 e. The summed E-state index contributed by atoms with van der Waals surface area (Å²) < 4.78 is 8.15. The van der Waals surface area contributed by atoms with Crippen LogP contribution in [0.4, 0.5) is 0 Å². The van der Waals surface area contributed by atoms with Crippen molar-refractivity contribution in [3.05, 3.63) is 120 Å². The van der Waals surface area contributed by atoms with Gasteiger partial charge >= 0.3 is 0 Å². The lowest BCUT2D eigenvalue weighted by Gasteiger charge is -2.17. The molecule has 0 spiro atoms. The summed E-state index contributed by atoms with van der Waals surface area (Å²) in [7, 11) is -1.50. The van der Waals surface area contributed by atoms with Crippen molar-refractivity contribution >= 4 is 52.9 Å². The molecule has 0 aliphatic heterocycles. The molecule has 2 heterocycles. The Hall–Kier alpha value is -4.81. The summed E-state index contributed by atoms with van der Waals surface area (Å²) in [6, 6.07) is 31.7. The molecule has 40 heavy (non-hydrogen) atoms. The number of rotatable bonds is 4. The number of nitrogens with zero attached hydrogens (tertiary/aromatic N) is 2. The predicted molar refractivity (Wildman–Crippen MR) is 162 cm³/mol. The number of fused-ring (bicyclic) bond motifs is 3. The Morgan fingerprint density at radius 1 is 0.750 bits per heavy atom. The van der Waals surface area contributed by atoms with Gasteiger partial charge in [-0.1, -0.05) is 91.6 Å². The van der Waals surface area contributed by atoms with Crippen LogP contribution in [-0.4, -0.2) is 29.2 Å². The van der Waals surface area contributed by atoms with E-state index in [2.05, 4.69) is 43.9 Å². The Kier molecular flexibility index (Phi) is 5.37. The molecule has 0 fully saturated rings. The minimum absolute atomic E-state index is 0.112. The third-order valence-electron chi connectivity index (χ3n) is 7.57. The van der Waals surface area contributed by atoms with Crippen molar-refractivity contribution in [1.82, 2.24) is 9.55 Å². The van der Waals surface area contributed by atoms with Crippen molar-refractivity contribution in [2.75, 3.05) is 0 Å². The molecule has 4 aromatic carbocycles. The summed E-state index contributed by atoms with van der Waals surface area (Å²) in [4.78, 5) is 31.8. The van der Waals surface area contributed by atoms with Crippen LogP contribution < -0.4 is 5.19 Å². The number of imidazole rings is 1. The Morgan fingerprint density at radius 3 is 1.95 bits per heavy atom. The highest BCUT2D eigenvalue weighted by Gasteiger charge is 2.34. The first kappa shape index (κ1) is 24.2. The zero-order valence-electron chi connectivity index (χ0n) is 22.4. The van der Waals surface area contributed by atoms with Crippen LogP contribution >= 0.6 is 0 Å². The molecule has 0 N–H and O–H groups in total. The Balaban J connectivity index is 1.40. The number of ketones is 2. The first-order valence-corrected chi connectivity index (χ1v) is 16.8. The van der Waals surface area contributed by atoms with Gasteiger partial charge in [0.25, 0.3) is 0 Å². The van der Waals surface area contributed by atoms with Crippen molar-refractivity contribution in [3.63, 3.8) is 0 Å². The number of carbonyl (C=O) groups is 2. The van der Waals surface area contributed by atoms with Crippen molar-refractivity contribution in [1.29, 1.82) is 0 Å². The molecule has 7 rings (SSSR count). The zero-order valence-corrected chi connectivity index (χ0v) is 23.4. The Bertz CT molecular complexity index is 1950. The lowest BCUT2D eigenvalue weighted by atomic mass is 10.0. The lowest BCUT2D eigenvalue weighted by molar-refractivity contribution is 0.0990. The molecule has 194 valence electrons. The third kappa shape index (κ3) is 3.88. The highest BCUT2D eigenvalue weighted by Crippen LogP contribution is 2.34. The Morgan fingerprint density at radius 2 is 1.35 bits per heavy atom. The number of carbonyl (C=O) groups excluding carboxylic acids is 2. The van der Waals surface area contributed by atoms with Gasteiger partial charge in [0, 0.05) is 28.4 Å². The number of aromatic nitrogens is 2. The second-order valence-electron chi connectivity index (χ2n) is 11.2.